The fraction of sp³-hybridized carbons (Fsp3) is 0.444. The van der Waals surface area contributed by atoms with Crippen molar-refractivity contribution in [2.24, 2.45) is 0 Å². The molecule has 1 N–H and O–H groups in total. The van der Waals surface area contributed by atoms with Crippen molar-refractivity contribution in [1.29, 1.82) is 0 Å². The number of nitrogens with zero attached hydrogens (tertiary/aromatic N) is 2. The number of carbonyl (C=O) groups is 1. The zero-order valence-corrected chi connectivity index (χ0v) is 9.00. The number of carboxylic acid groups (broad SMARTS) is 1. The quantitative estimate of drug-likeness (QED) is 0.884. The molecule has 17 heavy (non-hydrogen) atoms. The van der Waals surface area contributed by atoms with Crippen LogP contribution in [0.25, 0.3) is 0 Å². The molecular weight excluding hydrogens is 241 g/mol. The smallest absolute Gasteiger partial charge is 0.451 e. The molecule has 8 heteroatoms. The third-order valence-corrected chi connectivity index (χ3v) is 1.95. The zero-order chi connectivity index (χ0) is 13.2. The lowest BCUT2D eigenvalue weighted by atomic mass is 10.2. The van der Waals surface area contributed by atoms with Crippen molar-refractivity contribution in [3.63, 3.8) is 0 Å². The van der Waals surface area contributed by atoms with E-state index in [-0.39, 0.29) is 12.1 Å². The summed E-state index contributed by atoms with van der Waals surface area (Å²) in [7, 11) is 1.05. The topological polar surface area (TPSA) is 72.3 Å². The molecule has 1 heterocycles. The molecule has 0 aromatic carbocycles. The zero-order valence-electron chi connectivity index (χ0n) is 9.00. The molecule has 0 aliphatic heterocycles. The Morgan fingerprint density at radius 2 is 2.00 bits per heavy atom. The molecule has 0 radical (unpaired) electrons. The van der Waals surface area contributed by atoms with Crippen LogP contribution in [0.1, 0.15) is 28.8 Å². The summed E-state index contributed by atoms with van der Waals surface area (Å²) in [5.41, 5.74) is -0.653. The maximum Gasteiger partial charge on any atom is 0.451 e. The monoisotopic (exact) mass is 250 g/mol. The van der Waals surface area contributed by atoms with Gasteiger partial charge in [-0.25, -0.2) is 9.78 Å². The number of hydrogen-bond donors (Lipinski definition) is 1. The standard InChI is InChI=1S/C9H9F3N2O3/c1-3-4-5(7(15)16)6(17-2)14-8(13-4)9(10,11)12/h3H2,1-2H3,(H,15,16). The highest BCUT2D eigenvalue weighted by Gasteiger charge is 2.37. The number of hydrogen-bond acceptors (Lipinski definition) is 4. The first-order valence-electron chi connectivity index (χ1n) is 4.56. The van der Waals surface area contributed by atoms with Crippen molar-refractivity contribution in [2.45, 2.75) is 19.5 Å². The third kappa shape index (κ3) is 2.63. The second kappa shape index (κ2) is 4.56. The van der Waals surface area contributed by atoms with Gasteiger partial charge in [-0.05, 0) is 6.42 Å². The van der Waals surface area contributed by atoms with E-state index >= 15 is 0 Å². The molecule has 5 nitrogen and oxygen atoms in total. The van der Waals surface area contributed by atoms with Crippen molar-refractivity contribution in [3.05, 3.63) is 17.1 Å². The largest absolute Gasteiger partial charge is 0.480 e. The summed E-state index contributed by atoms with van der Waals surface area (Å²) >= 11 is 0. The van der Waals surface area contributed by atoms with Gasteiger partial charge in [0.1, 0.15) is 5.56 Å². The molecule has 1 aromatic rings. The number of halogens is 3. The van der Waals surface area contributed by atoms with Gasteiger partial charge in [-0.2, -0.15) is 18.2 Å². The highest BCUT2D eigenvalue weighted by atomic mass is 19.4. The van der Waals surface area contributed by atoms with E-state index in [0.717, 1.165) is 7.11 Å². The van der Waals surface area contributed by atoms with Gasteiger partial charge in [0.25, 0.3) is 0 Å². The highest BCUT2D eigenvalue weighted by molar-refractivity contribution is 5.91. The molecule has 0 amide bonds. The van der Waals surface area contributed by atoms with Crippen LogP contribution in [0.5, 0.6) is 5.88 Å². The molecule has 0 saturated heterocycles. The van der Waals surface area contributed by atoms with Crippen LogP contribution in [0.15, 0.2) is 0 Å². The van der Waals surface area contributed by atoms with Crippen LogP contribution in [0, 0.1) is 0 Å². The minimum absolute atomic E-state index is 0.0313. The number of carboxylic acids is 1. The molecule has 0 bridgehead atoms. The summed E-state index contributed by atoms with van der Waals surface area (Å²) in [4.78, 5) is 17.1. The predicted molar refractivity (Wildman–Crippen MR) is 49.9 cm³/mol. The lowest BCUT2D eigenvalue weighted by Gasteiger charge is -2.11. The lowest BCUT2D eigenvalue weighted by Crippen LogP contribution is -2.17. The average molecular weight is 250 g/mol. The van der Waals surface area contributed by atoms with E-state index in [1.807, 2.05) is 0 Å². The molecule has 0 saturated carbocycles. The Balaban J connectivity index is 3.50. The Hall–Kier alpha value is -1.86. The van der Waals surface area contributed by atoms with Gasteiger partial charge in [0.15, 0.2) is 0 Å². The van der Waals surface area contributed by atoms with Crippen molar-refractivity contribution in [2.75, 3.05) is 7.11 Å². The first-order chi connectivity index (χ1) is 7.81. The molecule has 0 aliphatic rings. The van der Waals surface area contributed by atoms with Crippen molar-refractivity contribution in [1.82, 2.24) is 9.97 Å². The summed E-state index contributed by atoms with van der Waals surface area (Å²) in [6.45, 7) is 1.49. The Labute approximate surface area is 94.3 Å². The van der Waals surface area contributed by atoms with E-state index in [4.69, 9.17) is 5.11 Å². The normalized spacial score (nSPS) is 11.4. The number of alkyl halides is 3. The summed E-state index contributed by atoms with van der Waals surface area (Å²) < 4.78 is 41.8. The molecular formula is C9H9F3N2O3. The van der Waals surface area contributed by atoms with Gasteiger partial charge in [0.05, 0.1) is 12.8 Å². The van der Waals surface area contributed by atoms with Crippen molar-refractivity contribution >= 4 is 5.97 Å². The number of ether oxygens (including phenoxy) is 1. The van der Waals surface area contributed by atoms with Crippen LogP contribution in [-0.4, -0.2) is 28.2 Å². The molecule has 0 aliphatic carbocycles. The van der Waals surface area contributed by atoms with E-state index in [1.165, 1.54) is 6.92 Å². The minimum Gasteiger partial charge on any atom is -0.480 e. The predicted octanol–water partition coefficient (Wildman–Crippen LogP) is 1.76. The van der Waals surface area contributed by atoms with Crippen LogP contribution < -0.4 is 4.74 Å². The van der Waals surface area contributed by atoms with Gasteiger partial charge >= 0.3 is 12.1 Å². The lowest BCUT2D eigenvalue weighted by molar-refractivity contribution is -0.145. The van der Waals surface area contributed by atoms with Crippen LogP contribution in [0.4, 0.5) is 13.2 Å². The SMILES string of the molecule is CCc1nc(C(F)(F)F)nc(OC)c1C(=O)O. The Kier molecular flexibility index (Phi) is 3.54. The highest BCUT2D eigenvalue weighted by Crippen LogP contribution is 2.30. The van der Waals surface area contributed by atoms with Crippen molar-refractivity contribution in [3.8, 4) is 5.88 Å². The van der Waals surface area contributed by atoms with Crippen molar-refractivity contribution < 1.29 is 27.8 Å². The van der Waals surface area contributed by atoms with Gasteiger partial charge in [-0.1, -0.05) is 6.92 Å². The number of aromatic nitrogens is 2. The summed E-state index contributed by atoms with van der Waals surface area (Å²) in [6.07, 6.45) is -4.71. The van der Waals surface area contributed by atoms with Gasteiger partial charge in [0.2, 0.25) is 11.7 Å². The second-order valence-electron chi connectivity index (χ2n) is 3.03. The second-order valence-corrected chi connectivity index (χ2v) is 3.03. The summed E-state index contributed by atoms with van der Waals surface area (Å²) in [6, 6.07) is 0. The van der Waals surface area contributed by atoms with Crippen LogP contribution in [0.3, 0.4) is 0 Å². The van der Waals surface area contributed by atoms with E-state index in [9.17, 15) is 18.0 Å². The van der Waals surface area contributed by atoms with Crippen LogP contribution in [0.2, 0.25) is 0 Å². The van der Waals surface area contributed by atoms with E-state index in [0.29, 0.717) is 0 Å². The fourth-order valence-corrected chi connectivity index (χ4v) is 1.23. The molecule has 0 fully saturated rings. The Morgan fingerprint density at radius 3 is 2.35 bits per heavy atom. The van der Waals surface area contributed by atoms with Gasteiger partial charge < -0.3 is 9.84 Å². The number of methoxy groups -OCH3 is 1. The molecule has 0 atom stereocenters. The van der Waals surface area contributed by atoms with Crippen LogP contribution in [-0.2, 0) is 12.6 Å². The molecule has 1 aromatic heterocycles. The number of rotatable bonds is 3. The molecule has 94 valence electrons. The van der Waals surface area contributed by atoms with Gasteiger partial charge in [0, 0.05) is 0 Å². The first-order valence-corrected chi connectivity index (χ1v) is 4.56. The minimum atomic E-state index is -4.74. The van der Waals surface area contributed by atoms with E-state index < -0.39 is 29.4 Å². The summed E-state index contributed by atoms with van der Waals surface area (Å²) in [5.74, 6) is -3.42. The number of aryl methyl sites for hydroxylation is 1. The number of aromatic carboxylic acids is 1. The van der Waals surface area contributed by atoms with E-state index in [2.05, 4.69) is 14.7 Å². The Morgan fingerprint density at radius 1 is 1.41 bits per heavy atom. The maximum atomic E-state index is 12.4. The molecule has 1 rings (SSSR count). The first kappa shape index (κ1) is 13.2. The molecule has 0 unspecified atom stereocenters. The summed E-state index contributed by atoms with van der Waals surface area (Å²) in [5, 5.41) is 8.86. The van der Waals surface area contributed by atoms with Gasteiger partial charge in [-0.15, -0.1) is 0 Å². The third-order valence-electron chi connectivity index (χ3n) is 1.95. The van der Waals surface area contributed by atoms with Crippen LogP contribution >= 0.6 is 0 Å². The maximum absolute atomic E-state index is 12.4. The van der Waals surface area contributed by atoms with E-state index in [1.54, 1.807) is 0 Å². The average Bonchev–Trinajstić information content (AvgIpc) is 2.25. The fourth-order valence-electron chi connectivity index (χ4n) is 1.23. The molecule has 0 spiro atoms. The van der Waals surface area contributed by atoms with Gasteiger partial charge in [-0.3, -0.25) is 0 Å². The Bertz CT molecular complexity index is 421.